The van der Waals surface area contributed by atoms with Gasteiger partial charge in [0.2, 0.25) is 0 Å². The molecule has 0 unspecified atom stereocenters. The van der Waals surface area contributed by atoms with E-state index in [0.29, 0.717) is 31.5 Å². The summed E-state index contributed by atoms with van der Waals surface area (Å²) in [6, 6.07) is 3.00. The molecule has 3 N–H and O–H groups in total. The lowest BCUT2D eigenvalue weighted by atomic mass is 9.73. The van der Waals surface area contributed by atoms with Crippen LogP contribution in [-0.4, -0.2) is 52.5 Å². The molecule has 0 spiro atoms. The van der Waals surface area contributed by atoms with E-state index in [0.717, 1.165) is 0 Å². The number of hydrogen-bond acceptors (Lipinski definition) is 5. The number of carboxylic acids is 1. The Bertz CT molecular complexity index is 628. The van der Waals surface area contributed by atoms with Gasteiger partial charge in [0.25, 0.3) is 5.91 Å². The summed E-state index contributed by atoms with van der Waals surface area (Å²) < 4.78 is 0. The molecular formula is C15H18N4O4. The van der Waals surface area contributed by atoms with Gasteiger partial charge in [-0.25, -0.2) is 4.79 Å². The molecule has 0 saturated carbocycles. The van der Waals surface area contributed by atoms with Crippen LogP contribution >= 0.6 is 0 Å². The first-order chi connectivity index (χ1) is 11.0. The molecule has 0 bridgehead atoms. The molecule has 8 nitrogen and oxygen atoms in total. The lowest BCUT2D eigenvalue weighted by molar-refractivity contribution is -0.139. The largest absolute Gasteiger partial charge is 0.480 e. The van der Waals surface area contributed by atoms with Crippen molar-refractivity contribution in [1.82, 2.24) is 20.5 Å². The number of amides is 3. The number of urea groups is 1. The maximum absolute atomic E-state index is 12.5. The summed E-state index contributed by atoms with van der Waals surface area (Å²) in [6.45, 7) is 1.13. The van der Waals surface area contributed by atoms with Gasteiger partial charge in [0.1, 0.15) is 0 Å². The number of carboxylic acid groups (broad SMARTS) is 1. The molecule has 1 aromatic heterocycles. The van der Waals surface area contributed by atoms with Gasteiger partial charge in [-0.15, -0.1) is 0 Å². The van der Waals surface area contributed by atoms with Crippen molar-refractivity contribution < 1.29 is 19.5 Å². The summed E-state index contributed by atoms with van der Waals surface area (Å²) in [6.07, 6.45) is 4.45. The predicted molar refractivity (Wildman–Crippen MR) is 79.4 cm³/mol. The zero-order valence-electron chi connectivity index (χ0n) is 12.5. The Kier molecular flexibility index (Phi) is 3.99. The van der Waals surface area contributed by atoms with Gasteiger partial charge in [0.05, 0.1) is 6.54 Å². The summed E-state index contributed by atoms with van der Waals surface area (Å²) in [5, 5.41) is 14.0. The van der Waals surface area contributed by atoms with Crippen molar-refractivity contribution in [3.8, 4) is 0 Å². The number of likely N-dealkylation sites (tertiary alicyclic amines) is 1. The minimum absolute atomic E-state index is 0.00876. The second-order valence-corrected chi connectivity index (χ2v) is 5.90. The van der Waals surface area contributed by atoms with Gasteiger partial charge < -0.3 is 10.4 Å². The fraction of sp³-hybridized carbons (Fsp3) is 0.467. The Morgan fingerprint density at radius 2 is 2.13 bits per heavy atom. The number of aromatic nitrogens is 1. The summed E-state index contributed by atoms with van der Waals surface area (Å²) in [4.78, 5) is 41.0. The first kappa shape index (κ1) is 15.4. The standard InChI is InChI=1S/C15H18N4O4/c20-12(21)9-19-6-3-10(4-7-19)15(11-2-1-5-16-8-11)13(22)17-14(23)18-15/h1-2,5,8,10H,3-4,6-7,9H2,(H,20,21)(H2,17,18,22,23)/t15-/m0/s1. The number of hydrogen-bond donors (Lipinski definition) is 3. The summed E-state index contributed by atoms with van der Waals surface area (Å²) in [7, 11) is 0. The van der Waals surface area contributed by atoms with Crippen LogP contribution in [-0.2, 0) is 15.1 Å². The molecule has 0 radical (unpaired) electrons. The topological polar surface area (TPSA) is 112 Å². The number of carbonyl (C=O) groups excluding carboxylic acids is 2. The van der Waals surface area contributed by atoms with Gasteiger partial charge in [0, 0.05) is 18.0 Å². The molecule has 2 fully saturated rings. The molecule has 2 saturated heterocycles. The molecule has 0 aromatic carbocycles. The normalized spacial score (nSPS) is 25.9. The number of piperidine rings is 1. The van der Waals surface area contributed by atoms with Crippen LogP contribution in [0.15, 0.2) is 24.5 Å². The van der Waals surface area contributed by atoms with E-state index < -0.39 is 17.5 Å². The number of pyridine rings is 1. The van der Waals surface area contributed by atoms with Gasteiger partial charge in [-0.3, -0.25) is 24.8 Å². The van der Waals surface area contributed by atoms with Crippen LogP contribution in [0.4, 0.5) is 4.79 Å². The molecule has 3 heterocycles. The van der Waals surface area contributed by atoms with E-state index in [1.165, 1.54) is 0 Å². The summed E-state index contributed by atoms with van der Waals surface area (Å²) in [5.74, 6) is -1.34. The van der Waals surface area contributed by atoms with Crippen molar-refractivity contribution in [3.05, 3.63) is 30.1 Å². The molecule has 3 rings (SSSR count). The Balaban J connectivity index is 1.85. The van der Waals surface area contributed by atoms with E-state index in [9.17, 15) is 14.4 Å². The van der Waals surface area contributed by atoms with E-state index in [1.807, 2.05) is 4.90 Å². The van der Waals surface area contributed by atoms with Crippen molar-refractivity contribution in [2.45, 2.75) is 18.4 Å². The van der Waals surface area contributed by atoms with Crippen LogP contribution in [0.2, 0.25) is 0 Å². The molecule has 2 aliphatic rings. The van der Waals surface area contributed by atoms with Crippen molar-refractivity contribution in [2.24, 2.45) is 5.92 Å². The number of aliphatic carboxylic acids is 1. The number of rotatable bonds is 4. The fourth-order valence-corrected chi connectivity index (χ4v) is 3.51. The smallest absolute Gasteiger partial charge is 0.322 e. The van der Waals surface area contributed by atoms with E-state index in [-0.39, 0.29) is 18.4 Å². The second-order valence-electron chi connectivity index (χ2n) is 5.90. The van der Waals surface area contributed by atoms with E-state index in [1.54, 1.807) is 24.5 Å². The van der Waals surface area contributed by atoms with Crippen LogP contribution in [0.5, 0.6) is 0 Å². The van der Waals surface area contributed by atoms with Gasteiger partial charge in [-0.1, -0.05) is 6.07 Å². The van der Waals surface area contributed by atoms with E-state index >= 15 is 0 Å². The molecule has 122 valence electrons. The van der Waals surface area contributed by atoms with Gasteiger partial charge in [-0.05, 0) is 37.9 Å². The average Bonchev–Trinajstić information content (AvgIpc) is 2.84. The van der Waals surface area contributed by atoms with Crippen LogP contribution in [0, 0.1) is 5.92 Å². The van der Waals surface area contributed by atoms with Gasteiger partial charge in [-0.2, -0.15) is 0 Å². The van der Waals surface area contributed by atoms with Crippen LogP contribution in [0.25, 0.3) is 0 Å². The zero-order valence-corrected chi connectivity index (χ0v) is 12.5. The SMILES string of the molecule is O=C(O)CN1CCC([C@@]2(c3cccnc3)NC(=O)NC2=O)CC1. The molecule has 2 aliphatic heterocycles. The van der Waals surface area contributed by atoms with Crippen LogP contribution in [0.3, 0.4) is 0 Å². The maximum atomic E-state index is 12.5. The maximum Gasteiger partial charge on any atom is 0.322 e. The number of nitrogens with zero attached hydrogens (tertiary/aromatic N) is 2. The van der Waals surface area contributed by atoms with Crippen molar-refractivity contribution >= 4 is 17.9 Å². The second kappa shape index (κ2) is 5.96. The fourth-order valence-electron chi connectivity index (χ4n) is 3.51. The van der Waals surface area contributed by atoms with E-state index in [2.05, 4.69) is 15.6 Å². The predicted octanol–water partition coefficient (Wildman–Crippen LogP) is -0.0871. The van der Waals surface area contributed by atoms with Gasteiger partial charge in [0.15, 0.2) is 5.54 Å². The Morgan fingerprint density at radius 3 is 2.65 bits per heavy atom. The number of nitrogens with one attached hydrogen (secondary N) is 2. The first-order valence-electron chi connectivity index (χ1n) is 7.50. The van der Waals surface area contributed by atoms with Gasteiger partial charge >= 0.3 is 12.0 Å². The molecule has 3 amide bonds. The third-order valence-electron chi connectivity index (χ3n) is 4.57. The van der Waals surface area contributed by atoms with Crippen molar-refractivity contribution in [3.63, 3.8) is 0 Å². The summed E-state index contributed by atoms with van der Waals surface area (Å²) >= 11 is 0. The van der Waals surface area contributed by atoms with Crippen molar-refractivity contribution in [2.75, 3.05) is 19.6 Å². The third-order valence-corrected chi connectivity index (χ3v) is 4.57. The molecule has 8 heteroatoms. The Hall–Kier alpha value is -2.48. The highest BCUT2D eigenvalue weighted by atomic mass is 16.4. The minimum Gasteiger partial charge on any atom is -0.480 e. The monoisotopic (exact) mass is 318 g/mol. The highest BCUT2D eigenvalue weighted by Crippen LogP contribution is 2.38. The number of imide groups is 1. The highest BCUT2D eigenvalue weighted by Gasteiger charge is 2.53. The van der Waals surface area contributed by atoms with Crippen LogP contribution < -0.4 is 10.6 Å². The lowest BCUT2D eigenvalue weighted by Crippen LogP contribution is -2.53. The zero-order chi connectivity index (χ0) is 16.4. The van der Waals surface area contributed by atoms with Crippen LogP contribution in [0.1, 0.15) is 18.4 Å². The molecule has 1 atom stereocenters. The quantitative estimate of drug-likeness (QED) is 0.669. The molecule has 0 aliphatic carbocycles. The highest BCUT2D eigenvalue weighted by molar-refractivity contribution is 6.07. The minimum atomic E-state index is -1.12. The van der Waals surface area contributed by atoms with E-state index in [4.69, 9.17) is 5.11 Å². The number of carbonyl (C=O) groups is 3. The van der Waals surface area contributed by atoms with Crippen molar-refractivity contribution in [1.29, 1.82) is 0 Å². The Morgan fingerprint density at radius 1 is 1.39 bits per heavy atom. The summed E-state index contributed by atoms with van der Waals surface area (Å²) in [5.41, 5.74) is -0.472. The molecular weight excluding hydrogens is 300 g/mol. The first-order valence-corrected chi connectivity index (χ1v) is 7.50. The molecule has 1 aromatic rings. The lowest BCUT2D eigenvalue weighted by Gasteiger charge is -2.40. The Labute approximate surface area is 132 Å². The third kappa shape index (κ3) is 2.77. The average molecular weight is 318 g/mol. The molecule has 23 heavy (non-hydrogen) atoms.